The van der Waals surface area contributed by atoms with E-state index in [9.17, 15) is 14.4 Å². The molecule has 1 aromatic carbocycles. The van der Waals surface area contributed by atoms with Crippen LogP contribution in [-0.4, -0.2) is 21.5 Å². The van der Waals surface area contributed by atoms with E-state index in [1.807, 2.05) is 6.92 Å². The van der Waals surface area contributed by atoms with E-state index in [2.05, 4.69) is 17.2 Å². The van der Waals surface area contributed by atoms with Crippen LogP contribution in [0.3, 0.4) is 0 Å². The molecule has 0 aliphatic heterocycles. The Hall–Kier alpha value is -2.37. The molecule has 6 nitrogen and oxygen atoms in total. The Morgan fingerprint density at radius 1 is 1.31 bits per heavy atom. The van der Waals surface area contributed by atoms with Gasteiger partial charge in [0.15, 0.2) is 0 Å². The van der Waals surface area contributed by atoms with Gasteiger partial charge < -0.3 is 14.9 Å². The Balaban J connectivity index is 1.58. The number of aromatic nitrogens is 2. The van der Waals surface area contributed by atoms with Crippen LogP contribution in [0.5, 0.6) is 0 Å². The fraction of sp³-hybridized carbons (Fsp3) is 0.550. The van der Waals surface area contributed by atoms with Crippen molar-refractivity contribution in [2.45, 2.75) is 52.1 Å². The van der Waals surface area contributed by atoms with Crippen LogP contribution in [0.2, 0.25) is 0 Å². The summed E-state index contributed by atoms with van der Waals surface area (Å²) >= 11 is 0. The first-order valence-electron chi connectivity index (χ1n) is 9.55. The zero-order valence-corrected chi connectivity index (χ0v) is 15.2. The maximum atomic E-state index is 12.7. The van der Waals surface area contributed by atoms with Crippen LogP contribution >= 0.6 is 0 Å². The van der Waals surface area contributed by atoms with Gasteiger partial charge in [-0.25, -0.2) is 0 Å². The number of hydrogen-bond acceptors (Lipinski definition) is 3. The molecule has 1 aromatic heterocycles. The van der Waals surface area contributed by atoms with E-state index in [0.29, 0.717) is 29.1 Å². The van der Waals surface area contributed by atoms with Gasteiger partial charge in [-0.2, -0.15) is 0 Å². The second-order valence-corrected chi connectivity index (χ2v) is 7.84. The monoisotopic (exact) mass is 355 g/mol. The Labute approximate surface area is 151 Å². The lowest BCUT2D eigenvalue weighted by Crippen LogP contribution is -2.40. The summed E-state index contributed by atoms with van der Waals surface area (Å²) < 4.78 is 1.42. The molecule has 1 amide bonds. The number of amides is 1. The molecule has 2 bridgehead atoms. The fourth-order valence-corrected chi connectivity index (χ4v) is 5.04. The van der Waals surface area contributed by atoms with E-state index in [4.69, 9.17) is 0 Å². The lowest BCUT2D eigenvalue weighted by atomic mass is 9.84. The Kier molecular flexibility index (Phi) is 4.21. The maximum absolute atomic E-state index is 12.7. The van der Waals surface area contributed by atoms with Crippen molar-refractivity contribution in [3.8, 4) is 0 Å². The van der Waals surface area contributed by atoms with E-state index in [-0.39, 0.29) is 11.9 Å². The third-order valence-corrected chi connectivity index (χ3v) is 6.35. The van der Waals surface area contributed by atoms with E-state index >= 15 is 0 Å². The Bertz CT molecular complexity index is 974. The quantitative estimate of drug-likeness (QED) is 0.825. The van der Waals surface area contributed by atoms with Crippen molar-refractivity contribution in [1.82, 2.24) is 14.9 Å². The van der Waals surface area contributed by atoms with Crippen LogP contribution in [0.4, 0.5) is 0 Å². The normalized spacial score (nSPS) is 25.5. The molecule has 0 spiro atoms. The predicted octanol–water partition coefficient (Wildman–Crippen LogP) is 2.26. The summed E-state index contributed by atoms with van der Waals surface area (Å²) in [6, 6.07) is 5.25. The van der Waals surface area contributed by atoms with Gasteiger partial charge >= 0.3 is 11.1 Å². The molecular weight excluding hydrogens is 330 g/mol. The lowest BCUT2D eigenvalue weighted by molar-refractivity contribution is 0.0915. The van der Waals surface area contributed by atoms with Crippen molar-refractivity contribution >= 4 is 16.9 Å². The van der Waals surface area contributed by atoms with Crippen LogP contribution in [0, 0.1) is 17.8 Å². The number of nitrogens with zero attached hydrogens (tertiary/aromatic N) is 1. The minimum atomic E-state index is -0.660. The predicted molar refractivity (Wildman–Crippen MR) is 100 cm³/mol. The highest BCUT2D eigenvalue weighted by Gasteiger charge is 2.42. The van der Waals surface area contributed by atoms with Crippen LogP contribution in [-0.2, 0) is 6.54 Å². The topological polar surface area (TPSA) is 84.0 Å². The highest BCUT2D eigenvalue weighted by atomic mass is 16.2. The van der Waals surface area contributed by atoms with Crippen LogP contribution in [0.1, 0.15) is 49.9 Å². The van der Waals surface area contributed by atoms with Gasteiger partial charge in [-0.1, -0.05) is 6.42 Å². The van der Waals surface area contributed by atoms with Crippen molar-refractivity contribution in [2.24, 2.45) is 17.8 Å². The largest absolute Gasteiger partial charge is 0.349 e. The third-order valence-electron chi connectivity index (χ3n) is 6.35. The zero-order chi connectivity index (χ0) is 18.4. The molecule has 2 aliphatic carbocycles. The molecule has 6 heteroatoms. The fourth-order valence-electron chi connectivity index (χ4n) is 5.04. The van der Waals surface area contributed by atoms with Crippen molar-refractivity contribution in [2.75, 3.05) is 0 Å². The molecule has 2 fully saturated rings. The van der Waals surface area contributed by atoms with E-state index in [0.717, 1.165) is 11.8 Å². The molecular formula is C20H25N3O3. The summed E-state index contributed by atoms with van der Waals surface area (Å²) in [6.45, 7) is 4.32. The molecule has 2 aromatic rings. The number of rotatable bonds is 4. The summed E-state index contributed by atoms with van der Waals surface area (Å²) in [5.74, 6) is 2.05. The molecule has 4 unspecified atom stereocenters. The average Bonchev–Trinajstić information content (AvgIpc) is 3.26. The number of hydrogen-bond donors (Lipinski definition) is 2. The maximum Gasteiger partial charge on any atom is 0.316 e. The zero-order valence-electron chi connectivity index (χ0n) is 15.2. The molecule has 138 valence electrons. The minimum Gasteiger partial charge on any atom is -0.349 e. The number of carbonyl (C=O) groups excluding carboxylic acids is 1. The number of aromatic amines is 1. The van der Waals surface area contributed by atoms with Crippen molar-refractivity contribution in [3.05, 3.63) is 44.5 Å². The van der Waals surface area contributed by atoms with Gasteiger partial charge in [-0.3, -0.25) is 14.4 Å². The highest BCUT2D eigenvalue weighted by molar-refractivity contribution is 5.97. The number of carbonyl (C=O) groups is 1. The SMILES string of the molecule is CCn1c(=O)c(=O)[nH]c2cc(C(=O)NC(C)C3CC4CCC3C4)ccc21. The molecule has 4 atom stereocenters. The van der Waals surface area contributed by atoms with Gasteiger partial charge in [0.05, 0.1) is 11.0 Å². The van der Waals surface area contributed by atoms with Gasteiger partial charge in [-0.05, 0) is 69.1 Å². The molecule has 1 heterocycles. The highest BCUT2D eigenvalue weighted by Crippen LogP contribution is 2.49. The molecule has 0 saturated heterocycles. The number of nitrogens with one attached hydrogen (secondary N) is 2. The Morgan fingerprint density at radius 3 is 2.77 bits per heavy atom. The van der Waals surface area contributed by atoms with Gasteiger partial charge in [0.2, 0.25) is 0 Å². The van der Waals surface area contributed by atoms with E-state index in [1.54, 1.807) is 18.2 Å². The first-order valence-corrected chi connectivity index (χ1v) is 9.55. The van der Waals surface area contributed by atoms with Gasteiger partial charge in [0.25, 0.3) is 5.91 Å². The second-order valence-electron chi connectivity index (χ2n) is 7.84. The number of fused-ring (bicyclic) bond motifs is 3. The van der Waals surface area contributed by atoms with Gasteiger partial charge in [0, 0.05) is 18.2 Å². The van der Waals surface area contributed by atoms with Gasteiger partial charge in [-0.15, -0.1) is 0 Å². The second kappa shape index (κ2) is 6.41. The third kappa shape index (κ3) is 2.77. The molecule has 2 saturated carbocycles. The number of benzene rings is 1. The van der Waals surface area contributed by atoms with E-state index < -0.39 is 11.1 Å². The lowest BCUT2D eigenvalue weighted by Gasteiger charge is -2.28. The van der Waals surface area contributed by atoms with Crippen molar-refractivity contribution in [1.29, 1.82) is 0 Å². The van der Waals surface area contributed by atoms with Crippen LogP contribution in [0.25, 0.3) is 11.0 Å². The molecule has 4 rings (SSSR count). The summed E-state index contributed by atoms with van der Waals surface area (Å²) in [5, 5.41) is 3.14. The summed E-state index contributed by atoms with van der Waals surface area (Å²) in [7, 11) is 0. The minimum absolute atomic E-state index is 0.128. The number of aryl methyl sites for hydroxylation is 1. The standard InChI is InChI=1S/C20H25N3O3/c1-3-23-17-7-6-14(10-16(17)22-19(25)20(23)26)18(24)21-11(2)15-9-12-4-5-13(15)8-12/h6-7,10-13,15H,3-5,8-9H2,1-2H3,(H,21,24)(H,22,25). The Morgan fingerprint density at radius 2 is 2.12 bits per heavy atom. The van der Waals surface area contributed by atoms with Crippen LogP contribution in [0.15, 0.2) is 27.8 Å². The van der Waals surface area contributed by atoms with Crippen molar-refractivity contribution in [3.63, 3.8) is 0 Å². The van der Waals surface area contributed by atoms with Crippen molar-refractivity contribution < 1.29 is 4.79 Å². The van der Waals surface area contributed by atoms with Crippen LogP contribution < -0.4 is 16.4 Å². The first-order chi connectivity index (χ1) is 12.5. The number of H-pyrrole nitrogens is 1. The van der Waals surface area contributed by atoms with E-state index in [1.165, 1.54) is 30.3 Å². The van der Waals surface area contributed by atoms with Gasteiger partial charge in [0.1, 0.15) is 0 Å². The molecule has 2 aliphatic rings. The molecule has 0 radical (unpaired) electrons. The molecule has 26 heavy (non-hydrogen) atoms. The summed E-state index contributed by atoms with van der Waals surface area (Å²) in [6.07, 6.45) is 5.18. The first kappa shape index (κ1) is 17.1. The summed E-state index contributed by atoms with van der Waals surface area (Å²) in [4.78, 5) is 39.0. The average molecular weight is 355 g/mol. The summed E-state index contributed by atoms with van der Waals surface area (Å²) in [5.41, 5.74) is 0.422. The smallest absolute Gasteiger partial charge is 0.316 e. The molecule has 2 N–H and O–H groups in total.